The second-order valence-corrected chi connectivity index (χ2v) is 10.1. The normalized spacial score (nSPS) is 16.4. The second kappa shape index (κ2) is 11.1. The molecule has 10 nitrogen and oxygen atoms in total. The number of rotatable bonds is 9. The van der Waals surface area contributed by atoms with Crippen molar-refractivity contribution in [1.29, 1.82) is 0 Å². The number of thiazole rings is 1. The van der Waals surface area contributed by atoms with E-state index in [9.17, 15) is 24.8 Å². The molecular formula is C29H25N3O7S. The topological polar surface area (TPSA) is 132 Å². The molecule has 1 atom stereocenters. The highest BCUT2D eigenvalue weighted by molar-refractivity contribution is 7.22. The summed E-state index contributed by atoms with van der Waals surface area (Å²) in [7, 11) is 1.54. The van der Waals surface area contributed by atoms with Crippen LogP contribution in [0.5, 0.6) is 11.5 Å². The Morgan fingerprint density at radius 1 is 1.10 bits per heavy atom. The van der Waals surface area contributed by atoms with Crippen molar-refractivity contribution < 1.29 is 29.1 Å². The predicted octanol–water partition coefficient (Wildman–Crippen LogP) is 6.02. The molecule has 0 saturated carbocycles. The zero-order valence-corrected chi connectivity index (χ0v) is 22.5. The molecule has 40 heavy (non-hydrogen) atoms. The average molecular weight is 560 g/mol. The summed E-state index contributed by atoms with van der Waals surface area (Å²) in [4.78, 5) is 43.5. The lowest BCUT2D eigenvalue weighted by molar-refractivity contribution is -0.384. The Kier molecular flexibility index (Phi) is 7.47. The van der Waals surface area contributed by atoms with Crippen LogP contribution in [0, 0.1) is 10.1 Å². The first-order chi connectivity index (χ1) is 19.3. The smallest absolute Gasteiger partial charge is 0.301 e. The monoisotopic (exact) mass is 559 g/mol. The number of ether oxygens (including phenoxy) is 2. The number of aliphatic hydroxyl groups excluding tert-OH is 1. The molecule has 1 fully saturated rings. The van der Waals surface area contributed by atoms with Gasteiger partial charge in [-0.05, 0) is 54.4 Å². The van der Waals surface area contributed by atoms with Gasteiger partial charge in [-0.1, -0.05) is 36.8 Å². The number of aliphatic hydroxyl groups is 1. The number of hydrogen-bond donors (Lipinski definition) is 1. The molecule has 1 aliphatic heterocycles. The van der Waals surface area contributed by atoms with E-state index in [0.717, 1.165) is 17.5 Å². The van der Waals surface area contributed by atoms with Crippen LogP contribution in [0.15, 0.2) is 72.3 Å². The summed E-state index contributed by atoms with van der Waals surface area (Å²) < 4.78 is 11.8. The van der Waals surface area contributed by atoms with Crippen molar-refractivity contribution in [3.8, 4) is 11.5 Å². The van der Waals surface area contributed by atoms with E-state index in [1.807, 2.05) is 6.92 Å². The number of amides is 1. The number of fused-ring (bicyclic) bond motifs is 1. The number of methoxy groups -OCH3 is 1. The SMILES string of the molecule is CCCCOc1cccc(C(O)=C2C(=O)C(=O)N(c3nc4ccc(OC)cc4s3)C2c2ccc([N+](=O)[O-])cc2)c1. The number of nitro benzene ring substituents is 1. The van der Waals surface area contributed by atoms with Crippen LogP contribution in [0.1, 0.15) is 36.9 Å². The highest BCUT2D eigenvalue weighted by atomic mass is 32.1. The van der Waals surface area contributed by atoms with Crippen LogP contribution in [-0.2, 0) is 9.59 Å². The molecule has 2 heterocycles. The molecule has 1 N–H and O–H groups in total. The number of nitro groups is 1. The summed E-state index contributed by atoms with van der Waals surface area (Å²) in [5, 5.41) is 22.9. The van der Waals surface area contributed by atoms with Gasteiger partial charge in [0.15, 0.2) is 5.13 Å². The summed E-state index contributed by atoms with van der Waals surface area (Å²) in [6.45, 7) is 2.54. The number of non-ortho nitro benzene ring substituents is 1. The highest BCUT2D eigenvalue weighted by Gasteiger charge is 2.48. The van der Waals surface area contributed by atoms with Crippen molar-refractivity contribution in [2.45, 2.75) is 25.8 Å². The summed E-state index contributed by atoms with van der Waals surface area (Å²) in [5.41, 5.74) is 1.000. The molecule has 1 amide bonds. The fourth-order valence-corrected chi connectivity index (χ4v) is 5.49. The van der Waals surface area contributed by atoms with Gasteiger partial charge in [0.25, 0.3) is 11.5 Å². The van der Waals surface area contributed by atoms with E-state index in [1.54, 1.807) is 49.6 Å². The van der Waals surface area contributed by atoms with E-state index >= 15 is 0 Å². The van der Waals surface area contributed by atoms with Crippen LogP contribution in [0.3, 0.4) is 0 Å². The quantitative estimate of drug-likeness (QED) is 0.0658. The minimum absolute atomic E-state index is 0.148. The molecule has 204 valence electrons. The maximum absolute atomic E-state index is 13.5. The van der Waals surface area contributed by atoms with Crippen LogP contribution in [0.4, 0.5) is 10.8 Å². The Balaban J connectivity index is 1.65. The number of Topliss-reactive ketones (excluding diaryl/α,β-unsaturated/α-hetero) is 1. The van der Waals surface area contributed by atoms with E-state index in [1.165, 1.54) is 40.5 Å². The average Bonchev–Trinajstić information content (AvgIpc) is 3.50. The van der Waals surface area contributed by atoms with Crippen LogP contribution in [0.2, 0.25) is 0 Å². The lowest BCUT2D eigenvalue weighted by atomic mass is 9.95. The summed E-state index contributed by atoms with van der Waals surface area (Å²) in [5.74, 6) is -1.02. The number of carbonyl (C=O) groups is 2. The van der Waals surface area contributed by atoms with Gasteiger partial charge in [0, 0.05) is 17.7 Å². The van der Waals surface area contributed by atoms with E-state index in [2.05, 4.69) is 4.98 Å². The number of benzene rings is 3. The Morgan fingerprint density at radius 3 is 2.58 bits per heavy atom. The van der Waals surface area contributed by atoms with Crippen LogP contribution < -0.4 is 14.4 Å². The third-order valence-electron chi connectivity index (χ3n) is 6.53. The molecule has 1 aromatic heterocycles. The van der Waals surface area contributed by atoms with E-state index in [0.29, 0.717) is 34.7 Å². The van der Waals surface area contributed by atoms with Crippen molar-refractivity contribution in [2.75, 3.05) is 18.6 Å². The van der Waals surface area contributed by atoms with Crippen molar-refractivity contribution in [3.63, 3.8) is 0 Å². The van der Waals surface area contributed by atoms with Gasteiger partial charge < -0.3 is 14.6 Å². The van der Waals surface area contributed by atoms with E-state index in [4.69, 9.17) is 9.47 Å². The molecule has 5 rings (SSSR count). The molecular weight excluding hydrogens is 534 g/mol. The largest absolute Gasteiger partial charge is 0.507 e. The Hall–Kier alpha value is -4.77. The molecule has 1 saturated heterocycles. The molecule has 11 heteroatoms. The molecule has 1 aliphatic rings. The number of unbranched alkanes of at least 4 members (excludes halogenated alkanes) is 1. The van der Waals surface area contributed by atoms with Gasteiger partial charge in [0.05, 0.1) is 40.5 Å². The lowest BCUT2D eigenvalue weighted by Gasteiger charge is -2.23. The molecule has 3 aromatic carbocycles. The van der Waals surface area contributed by atoms with Gasteiger partial charge in [0.2, 0.25) is 0 Å². The summed E-state index contributed by atoms with van der Waals surface area (Å²) in [6, 6.07) is 16.4. The Morgan fingerprint density at radius 2 is 1.88 bits per heavy atom. The van der Waals surface area contributed by atoms with Crippen molar-refractivity contribution in [2.24, 2.45) is 0 Å². The van der Waals surface area contributed by atoms with Gasteiger partial charge in [-0.3, -0.25) is 24.6 Å². The van der Waals surface area contributed by atoms with Gasteiger partial charge in [-0.25, -0.2) is 4.98 Å². The fraction of sp³-hybridized carbons (Fsp3) is 0.207. The number of anilines is 1. The van der Waals surface area contributed by atoms with E-state index in [-0.39, 0.29) is 22.2 Å². The summed E-state index contributed by atoms with van der Waals surface area (Å²) in [6.07, 6.45) is 1.81. The second-order valence-electron chi connectivity index (χ2n) is 9.08. The Labute approximate surface area is 233 Å². The van der Waals surface area contributed by atoms with Crippen molar-refractivity contribution in [3.05, 3.63) is 93.5 Å². The van der Waals surface area contributed by atoms with Gasteiger partial charge in [-0.15, -0.1) is 0 Å². The molecule has 4 aromatic rings. The first kappa shape index (κ1) is 26.8. The van der Waals surface area contributed by atoms with Crippen LogP contribution >= 0.6 is 11.3 Å². The van der Waals surface area contributed by atoms with Gasteiger partial charge >= 0.3 is 5.91 Å². The molecule has 0 bridgehead atoms. The number of hydrogen-bond acceptors (Lipinski definition) is 9. The standard InChI is InChI=1S/C29H25N3O7S/c1-3-4-14-39-21-7-5-6-18(15-21)26(33)24-25(17-8-10-19(11-9-17)32(36)37)31(28(35)27(24)34)29-30-22-13-12-20(38-2)16-23(22)40-29/h5-13,15-16,25,33H,3-4,14H2,1-2H3. The number of nitrogens with zero attached hydrogens (tertiary/aromatic N) is 3. The van der Waals surface area contributed by atoms with Crippen LogP contribution in [0.25, 0.3) is 16.0 Å². The first-order valence-electron chi connectivity index (χ1n) is 12.6. The van der Waals surface area contributed by atoms with Crippen molar-refractivity contribution >= 4 is 49.8 Å². The van der Waals surface area contributed by atoms with Gasteiger partial charge in [-0.2, -0.15) is 0 Å². The molecule has 0 radical (unpaired) electrons. The maximum atomic E-state index is 13.5. The zero-order chi connectivity index (χ0) is 28.4. The minimum Gasteiger partial charge on any atom is -0.507 e. The third kappa shape index (κ3) is 4.98. The third-order valence-corrected chi connectivity index (χ3v) is 7.55. The lowest BCUT2D eigenvalue weighted by Crippen LogP contribution is -2.29. The number of carbonyl (C=O) groups excluding carboxylic acids is 2. The van der Waals surface area contributed by atoms with Crippen molar-refractivity contribution in [1.82, 2.24) is 4.98 Å². The number of ketones is 1. The predicted molar refractivity (Wildman–Crippen MR) is 151 cm³/mol. The summed E-state index contributed by atoms with van der Waals surface area (Å²) >= 11 is 1.19. The van der Waals surface area contributed by atoms with Crippen LogP contribution in [-0.4, -0.2) is 40.4 Å². The molecule has 0 aliphatic carbocycles. The zero-order valence-electron chi connectivity index (χ0n) is 21.7. The first-order valence-corrected chi connectivity index (χ1v) is 13.4. The fourth-order valence-electron chi connectivity index (χ4n) is 4.47. The maximum Gasteiger partial charge on any atom is 0.301 e. The number of aromatic nitrogens is 1. The van der Waals surface area contributed by atoms with Gasteiger partial charge in [0.1, 0.15) is 17.3 Å². The highest BCUT2D eigenvalue weighted by Crippen LogP contribution is 2.45. The molecule has 0 spiro atoms. The van der Waals surface area contributed by atoms with E-state index < -0.39 is 22.7 Å². The Bertz CT molecular complexity index is 1650. The molecule has 1 unspecified atom stereocenters. The minimum atomic E-state index is -1.08.